The van der Waals surface area contributed by atoms with Crippen LogP contribution in [0.3, 0.4) is 0 Å². The molecule has 0 unspecified atom stereocenters. The maximum absolute atomic E-state index is 9.35. The third-order valence-electron chi connectivity index (χ3n) is 2.03. The maximum Gasteiger partial charge on any atom is 0.147 e. The van der Waals surface area contributed by atoms with Crippen molar-refractivity contribution in [1.82, 2.24) is 4.98 Å². The second-order valence-corrected chi connectivity index (χ2v) is 2.95. The molecular weight excluding hydrogens is 177 g/mol. The molecule has 68 valence electrons. The first kappa shape index (κ1) is 8.87. The molecule has 0 amide bonds. The SMILES string of the molecule is [B]c1nc2ccc(OC)cc2cc1O. The van der Waals surface area contributed by atoms with Crippen LogP contribution in [0.15, 0.2) is 24.3 Å². The molecule has 4 heteroatoms. The number of fused-ring (bicyclic) bond motifs is 1. The van der Waals surface area contributed by atoms with Crippen molar-refractivity contribution in [2.75, 3.05) is 7.11 Å². The third-order valence-corrected chi connectivity index (χ3v) is 2.03. The lowest BCUT2D eigenvalue weighted by Crippen LogP contribution is -2.08. The predicted octanol–water partition coefficient (Wildman–Crippen LogP) is 0.743. The van der Waals surface area contributed by atoms with Crippen molar-refractivity contribution in [3.8, 4) is 11.5 Å². The van der Waals surface area contributed by atoms with Crippen LogP contribution in [-0.2, 0) is 0 Å². The van der Waals surface area contributed by atoms with Gasteiger partial charge in [0.25, 0.3) is 0 Å². The molecule has 0 aliphatic carbocycles. The van der Waals surface area contributed by atoms with E-state index in [2.05, 4.69) is 4.98 Å². The van der Waals surface area contributed by atoms with E-state index in [-0.39, 0.29) is 11.3 Å². The number of hydrogen-bond acceptors (Lipinski definition) is 3. The third kappa shape index (κ3) is 1.39. The van der Waals surface area contributed by atoms with E-state index in [1.807, 2.05) is 0 Å². The first-order chi connectivity index (χ1) is 6.70. The number of benzene rings is 1. The fourth-order valence-electron chi connectivity index (χ4n) is 1.29. The first-order valence-corrected chi connectivity index (χ1v) is 4.14. The number of aromatic hydroxyl groups is 1. The van der Waals surface area contributed by atoms with Gasteiger partial charge in [-0.05, 0) is 24.3 Å². The molecule has 0 fully saturated rings. The lowest BCUT2D eigenvalue weighted by Gasteiger charge is -2.04. The molecule has 2 aromatic rings. The Hall–Kier alpha value is -1.71. The van der Waals surface area contributed by atoms with Gasteiger partial charge in [0, 0.05) is 11.0 Å². The predicted molar refractivity (Wildman–Crippen MR) is 55.3 cm³/mol. The molecule has 3 nitrogen and oxygen atoms in total. The monoisotopic (exact) mass is 185 g/mol. The van der Waals surface area contributed by atoms with E-state index in [9.17, 15) is 5.11 Å². The molecule has 1 aromatic heterocycles. The summed E-state index contributed by atoms with van der Waals surface area (Å²) in [4.78, 5) is 4.02. The molecule has 1 aromatic carbocycles. The van der Waals surface area contributed by atoms with E-state index in [0.717, 1.165) is 16.7 Å². The van der Waals surface area contributed by atoms with Gasteiger partial charge in [0.05, 0.1) is 12.6 Å². The molecule has 0 aliphatic rings. The van der Waals surface area contributed by atoms with Crippen LogP contribution in [0.4, 0.5) is 0 Å². The van der Waals surface area contributed by atoms with Gasteiger partial charge in [-0.2, -0.15) is 0 Å². The van der Waals surface area contributed by atoms with Gasteiger partial charge in [0.2, 0.25) is 0 Å². The van der Waals surface area contributed by atoms with Crippen LogP contribution in [-0.4, -0.2) is 25.0 Å². The highest BCUT2D eigenvalue weighted by Crippen LogP contribution is 2.20. The molecular formula is C10H8BNO2. The summed E-state index contributed by atoms with van der Waals surface area (Å²) in [6.07, 6.45) is 0. The van der Waals surface area contributed by atoms with Gasteiger partial charge in [-0.1, -0.05) is 0 Å². The van der Waals surface area contributed by atoms with Crippen molar-refractivity contribution in [1.29, 1.82) is 0 Å². The van der Waals surface area contributed by atoms with Crippen molar-refractivity contribution in [3.05, 3.63) is 24.3 Å². The quantitative estimate of drug-likeness (QED) is 0.666. The molecule has 14 heavy (non-hydrogen) atoms. The Morgan fingerprint density at radius 2 is 2.14 bits per heavy atom. The average Bonchev–Trinajstić information content (AvgIpc) is 2.19. The van der Waals surface area contributed by atoms with E-state index in [1.165, 1.54) is 0 Å². The topological polar surface area (TPSA) is 42.4 Å². The molecule has 1 heterocycles. The standard InChI is InChI=1S/C10H8BNO2/c1-14-7-2-3-8-6(4-7)5-9(13)10(11)12-8/h2-5,13H,1H3. The summed E-state index contributed by atoms with van der Waals surface area (Å²) >= 11 is 0. The molecule has 0 spiro atoms. The van der Waals surface area contributed by atoms with Crippen LogP contribution in [0.25, 0.3) is 10.9 Å². The van der Waals surface area contributed by atoms with Gasteiger partial charge in [-0.25, -0.2) is 0 Å². The average molecular weight is 185 g/mol. The van der Waals surface area contributed by atoms with E-state index in [1.54, 1.807) is 31.4 Å². The number of nitrogens with zero attached hydrogens (tertiary/aromatic N) is 1. The van der Waals surface area contributed by atoms with Gasteiger partial charge in [0.1, 0.15) is 19.3 Å². The van der Waals surface area contributed by atoms with Crippen LogP contribution in [0.1, 0.15) is 0 Å². The lowest BCUT2D eigenvalue weighted by atomic mass is 10.0. The van der Waals surface area contributed by atoms with Crippen LogP contribution >= 0.6 is 0 Å². The highest BCUT2D eigenvalue weighted by atomic mass is 16.5. The molecule has 0 aliphatic heterocycles. The Morgan fingerprint density at radius 1 is 1.36 bits per heavy atom. The Labute approximate surface area is 82.8 Å². The van der Waals surface area contributed by atoms with E-state index in [4.69, 9.17) is 12.6 Å². The van der Waals surface area contributed by atoms with Crippen LogP contribution in [0.5, 0.6) is 11.5 Å². The fourth-order valence-corrected chi connectivity index (χ4v) is 1.29. The fraction of sp³-hybridized carbons (Fsp3) is 0.100. The molecule has 0 bridgehead atoms. The first-order valence-electron chi connectivity index (χ1n) is 4.14. The van der Waals surface area contributed by atoms with Crippen molar-refractivity contribution in [3.63, 3.8) is 0 Å². The number of rotatable bonds is 1. The van der Waals surface area contributed by atoms with Crippen molar-refractivity contribution >= 4 is 24.3 Å². The Balaban J connectivity index is 2.70. The Bertz CT molecular complexity index is 485. The summed E-state index contributed by atoms with van der Waals surface area (Å²) in [5.74, 6) is 0.717. The molecule has 1 N–H and O–H groups in total. The molecule has 0 saturated carbocycles. The highest BCUT2D eigenvalue weighted by Gasteiger charge is 2.01. The second kappa shape index (κ2) is 3.22. The smallest absolute Gasteiger partial charge is 0.147 e. The zero-order valence-corrected chi connectivity index (χ0v) is 7.69. The van der Waals surface area contributed by atoms with Gasteiger partial charge in [-0.3, -0.25) is 4.98 Å². The van der Waals surface area contributed by atoms with E-state index >= 15 is 0 Å². The van der Waals surface area contributed by atoms with Gasteiger partial charge < -0.3 is 9.84 Å². The molecule has 2 radical (unpaired) electrons. The van der Waals surface area contributed by atoms with Gasteiger partial charge in [-0.15, -0.1) is 0 Å². The van der Waals surface area contributed by atoms with Crippen LogP contribution in [0, 0.1) is 0 Å². The highest BCUT2D eigenvalue weighted by molar-refractivity contribution is 6.33. The summed E-state index contributed by atoms with van der Waals surface area (Å²) in [5.41, 5.74) is 0.878. The number of pyridine rings is 1. The number of ether oxygens (including phenoxy) is 1. The Morgan fingerprint density at radius 3 is 2.86 bits per heavy atom. The van der Waals surface area contributed by atoms with Crippen LogP contribution in [0.2, 0.25) is 0 Å². The largest absolute Gasteiger partial charge is 0.507 e. The normalized spacial score (nSPS) is 10.4. The van der Waals surface area contributed by atoms with Crippen LogP contribution < -0.4 is 10.3 Å². The molecule has 2 rings (SSSR count). The maximum atomic E-state index is 9.35. The van der Waals surface area contributed by atoms with Crippen molar-refractivity contribution in [2.45, 2.75) is 0 Å². The van der Waals surface area contributed by atoms with E-state index < -0.39 is 0 Å². The minimum absolute atomic E-state index is 0.00856. The van der Waals surface area contributed by atoms with Crippen molar-refractivity contribution in [2.24, 2.45) is 0 Å². The van der Waals surface area contributed by atoms with Crippen molar-refractivity contribution < 1.29 is 9.84 Å². The zero-order chi connectivity index (χ0) is 10.1. The Kier molecular flexibility index (Phi) is 2.04. The minimum Gasteiger partial charge on any atom is -0.507 e. The van der Waals surface area contributed by atoms with Gasteiger partial charge in [0.15, 0.2) is 0 Å². The zero-order valence-electron chi connectivity index (χ0n) is 7.69. The number of methoxy groups -OCH3 is 1. The minimum atomic E-state index is -0.00856. The van der Waals surface area contributed by atoms with Gasteiger partial charge >= 0.3 is 0 Å². The summed E-state index contributed by atoms with van der Waals surface area (Å²) in [5, 5.41) is 10.2. The summed E-state index contributed by atoms with van der Waals surface area (Å²) in [7, 11) is 7.05. The summed E-state index contributed by atoms with van der Waals surface area (Å²) < 4.78 is 5.05. The molecule has 0 atom stereocenters. The summed E-state index contributed by atoms with van der Waals surface area (Å²) in [6, 6.07) is 6.96. The lowest BCUT2D eigenvalue weighted by molar-refractivity contribution is 0.415. The number of aromatic nitrogens is 1. The molecule has 0 saturated heterocycles. The summed E-state index contributed by atoms with van der Waals surface area (Å²) in [6.45, 7) is 0. The van der Waals surface area contributed by atoms with E-state index in [0.29, 0.717) is 0 Å². The second-order valence-electron chi connectivity index (χ2n) is 2.95. The number of hydrogen-bond donors (Lipinski definition) is 1.